The van der Waals surface area contributed by atoms with Gasteiger partial charge in [0.15, 0.2) is 0 Å². The van der Waals surface area contributed by atoms with Gasteiger partial charge in [-0.25, -0.2) is 9.97 Å². The van der Waals surface area contributed by atoms with Crippen LogP contribution in [-0.2, 0) is 13.2 Å². The van der Waals surface area contributed by atoms with E-state index in [0.29, 0.717) is 11.4 Å². The Morgan fingerprint density at radius 3 is 1.46 bits per heavy atom. The van der Waals surface area contributed by atoms with Crippen molar-refractivity contribution < 1.29 is 10.2 Å². The number of rotatable bonds is 4. The molecule has 0 bridgehead atoms. The molecule has 2 aromatic carbocycles. The predicted molar refractivity (Wildman–Crippen MR) is 97.5 cm³/mol. The van der Waals surface area contributed by atoms with Crippen molar-refractivity contribution in [1.82, 2.24) is 9.97 Å². The third kappa shape index (κ3) is 3.49. The van der Waals surface area contributed by atoms with Crippen LogP contribution in [0.2, 0.25) is 5.28 Å². The quantitative estimate of drug-likeness (QED) is 0.638. The molecule has 0 aliphatic heterocycles. The van der Waals surface area contributed by atoms with Gasteiger partial charge in [-0.3, -0.25) is 0 Å². The van der Waals surface area contributed by atoms with Gasteiger partial charge in [-0.1, -0.05) is 48.5 Å². The SMILES string of the molecule is OCc1ccc(-c2nc(Cl)nc(-c3ccc(CO)cc3)c2Br)cc1. The smallest absolute Gasteiger partial charge is 0.223 e. The first-order chi connectivity index (χ1) is 11.6. The highest BCUT2D eigenvalue weighted by atomic mass is 79.9. The Bertz CT molecular complexity index is 783. The van der Waals surface area contributed by atoms with Crippen LogP contribution in [0.5, 0.6) is 0 Å². The number of hydrogen-bond acceptors (Lipinski definition) is 4. The summed E-state index contributed by atoms with van der Waals surface area (Å²) >= 11 is 9.69. The molecule has 1 aromatic heterocycles. The fourth-order valence-corrected chi connectivity index (χ4v) is 3.14. The summed E-state index contributed by atoms with van der Waals surface area (Å²) in [5.41, 5.74) is 4.76. The van der Waals surface area contributed by atoms with E-state index in [1.165, 1.54) is 0 Å². The van der Waals surface area contributed by atoms with Gasteiger partial charge >= 0.3 is 0 Å². The summed E-state index contributed by atoms with van der Waals surface area (Å²) in [6.07, 6.45) is 0. The standard InChI is InChI=1S/C18H14BrClN2O2/c19-15-16(13-5-1-11(9-23)2-6-13)21-18(20)22-17(15)14-7-3-12(10-24)4-8-14/h1-8,23-24H,9-10H2. The number of hydrogen-bond donors (Lipinski definition) is 2. The Hall–Kier alpha value is -1.79. The lowest BCUT2D eigenvalue weighted by Gasteiger charge is -2.10. The summed E-state index contributed by atoms with van der Waals surface area (Å²) in [5, 5.41) is 18.5. The first-order valence-corrected chi connectivity index (χ1v) is 8.43. The van der Waals surface area contributed by atoms with E-state index in [9.17, 15) is 0 Å². The minimum atomic E-state index is -0.00552. The van der Waals surface area contributed by atoms with Crippen molar-refractivity contribution in [2.45, 2.75) is 13.2 Å². The molecule has 0 radical (unpaired) electrons. The van der Waals surface area contributed by atoms with Crippen LogP contribution in [0.1, 0.15) is 11.1 Å². The van der Waals surface area contributed by atoms with E-state index in [1.54, 1.807) is 0 Å². The molecule has 0 atom stereocenters. The van der Waals surface area contributed by atoms with Crippen molar-refractivity contribution >= 4 is 27.5 Å². The molecule has 0 aliphatic carbocycles. The fraction of sp³-hybridized carbons (Fsp3) is 0.111. The monoisotopic (exact) mass is 404 g/mol. The molecule has 4 nitrogen and oxygen atoms in total. The van der Waals surface area contributed by atoms with Crippen LogP contribution in [0.3, 0.4) is 0 Å². The summed E-state index contributed by atoms with van der Waals surface area (Å²) in [4.78, 5) is 8.65. The Morgan fingerprint density at radius 1 is 0.750 bits per heavy atom. The van der Waals surface area contributed by atoms with E-state index in [1.807, 2.05) is 48.5 Å². The van der Waals surface area contributed by atoms with Gasteiger partial charge < -0.3 is 10.2 Å². The summed E-state index contributed by atoms with van der Waals surface area (Å²) < 4.78 is 0.736. The number of nitrogens with zero attached hydrogens (tertiary/aromatic N) is 2. The second-order valence-corrected chi connectivity index (χ2v) is 6.34. The number of aromatic nitrogens is 2. The van der Waals surface area contributed by atoms with E-state index >= 15 is 0 Å². The van der Waals surface area contributed by atoms with Crippen LogP contribution in [-0.4, -0.2) is 20.2 Å². The van der Waals surface area contributed by atoms with Gasteiger partial charge in [0, 0.05) is 11.1 Å². The summed E-state index contributed by atoms with van der Waals surface area (Å²) in [5.74, 6) is 0. The molecular weight excluding hydrogens is 392 g/mol. The maximum absolute atomic E-state index is 9.16. The second kappa shape index (κ2) is 7.40. The van der Waals surface area contributed by atoms with Gasteiger partial charge in [-0.15, -0.1) is 0 Å². The van der Waals surface area contributed by atoms with Crippen molar-refractivity contribution in [2.24, 2.45) is 0 Å². The average Bonchev–Trinajstić information content (AvgIpc) is 2.63. The van der Waals surface area contributed by atoms with Crippen molar-refractivity contribution in [3.63, 3.8) is 0 Å². The molecule has 122 valence electrons. The Kier molecular flexibility index (Phi) is 5.26. The number of halogens is 2. The third-order valence-corrected chi connectivity index (χ3v) is 4.56. The molecule has 0 spiro atoms. The summed E-state index contributed by atoms with van der Waals surface area (Å²) in [6.45, 7) is -0.0110. The molecular formula is C18H14BrClN2O2. The molecule has 2 N–H and O–H groups in total. The number of benzene rings is 2. The molecule has 1 heterocycles. The Labute approximate surface area is 152 Å². The molecule has 0 unspecified atom stereocenters. The summed E-state index contributed by atoms with van der Waals surface area (Å²) in [6, 6.07) is 14.9. The molecule has 24 heavy (non-hydrogen) atoms. The van der Waals surface area contributed by atoms with E-state index in [-0.39, 0.29) is 18.5 Å². The molecule has 0 saturated heterocycles. The van der Waals surface area contributed by atoms with Crippen LogP contribution >= 0.6 is 27.5 Å². The second-order valence-electron chi connectivity index (χ2n) is 5.21. The van der Waals surface area contributed by atoms with Crippen LogP contribution in [0.25, 0.3) is 22.5 Å². The third-order valence-electron chi connectivity index (χ3n) is 3.64. The highest BCUT2D eigenvalue weighted by molar-refractivity contribution is 9.10. The Morgan fingerprint density at radius 2 is 1.12 bits per heavy atom. The van der Waals surface area contributed by atoms with E-state index in [4.69, 9.17) is 21.8 Å². The molecule has 3 aromatic rings. The van der Waals surface area contributed by atoms with Gasteiger partial charge in [0.2, 0.25) is 5.28 Å². The fourth-order valence-electron chi connectivity index (χ4n) is 2.34. The average molecular weight is 406 g/mol. The predicted octanol–water partition coefficient (Wildman–Crippen LogP) is 4.21. The van der Waals surface area contributed by atoms with E-state index in [2.05, 4.69) is 25.9 Å². The Balaban J connectivity index is 2.09. The zero-order valence-electron chi connectivity index (χ0n) is 12.6. The zero-order valence-corrected chi connectivity index (χ0v) is 14.9. The van der Waals surface area contributed by atoms with Crippen molar-refractivity contribution in [3.8, 4) is 22.5 Å². The van der Waals surface area contributed by atoms with E-state index in [0.717, 1.165) is 26.7 Å². The highest BCUT2D eigenvalue weighted by Crippen LogP contribution is 2.35. The lowest BCUT2D eigenvalue weighted by molar-refractivity contribution is 0.281. The molecule has 0 fully saturated rings. The van der Waals surface area contributed by atoms with Gasteiger partial charge in [-0.05, 0) is 38.7 Å². The minimum absolute atomic E-state index is 0.00552. The van der Waals surface area contributed by atoms with Gasteiger partial charge in [-0.2, -0.15) is 0 Å². The highest BCUT2D eigenvalue weighted by Gasteiger charge is 2.15. The number of aliphatic hydroxyl groups is 2. The van der Waals surface area contributed by atoms with Crippen LogP contribution in [0, 0.1) is 0 Å². The lowest BCUT2D eigenvalue weighted by Crippen LogP contribution is -1.95. The maximum Gasteiger partial charge on any atom is 0.223 e. The van der Waals surface area contributed by atoms with Crippen molar-refractivity contribution in [1.29, 1.82) is 0 Å². The molecule has 3 rings (SSSR count). The molecule has 6 heteroatoms. The van der Waals surface area contributed by atoms with E-state index < -0.39 is 0 Å². The van der Waals surface area contributed by atoms with Crippen molar-refractivity contribution in [2.75, 3.05) is 0 Å². The summed E-state index contributed by atoms with van der Waals surface area (Å²) in [7, 11) is 0. The van der Waals surface area contributed by atoms with Crippen molar-refractivity contribution in [3.05, 3.63) is 69.4 Å². The molecule has 0 aliphatic rings. The van der Waals surface area contributed by atoms with Gasteiger partial charge in [0.05, 0.1) is 29.1 Å². The van der Waals surface area contributed by atoms with Crippen LogP contribution in [0.15, 0.2) is 53.0 Å². The number of aliphatic hydroxyl groups excluding tert-OH is 2. The molecule has 0 saturated carbocycles. The maximum atomic E-state index is 9.16. The van der Waals surface area contributed by atoms with Gasteiger partial charge in [0.1, 0.15) is 0 Å². The first-order valence-electron chi connectivity index (χ1n) is 7.25. The zero-order chi connectivity index (χ0) is 17.1. The lowest BCUT2D eigenvalue weighted by atomic mass is 10.1. The first kappa shape index (κ1) is 17.0. The largest absolute Gasteiger partial charge is 0.392 e. The van der Waals surface area contributed by atoms with Gasteiger partial charge in [0.25, 0.3) is 0 Å². The topological polar surface area (TPSA) is 66.2 Å². The molecule has 0 amide bonds. The minimum Gasteiger partial charge on any atom is -0.392 e. The normalized spacial score (nSPS) is 10.8. The van der Waals surface area contributed by atoms with Crippen LogP contribution < -0.4 is 0 Å². The van der Waals surface area contributed by atoms with Crippen LogP contribution in [0.4, 0.5) is 0 Å².